The van der Waals surface area contributed by atoms with Crippen LogP contribution >= 0.6 is 0 Å². The quantitative estimate of drug-likeness (QED) is 0.306. The average Bonchev–Trinajstić information content (AvgIpc) is 2.28. The summed E-state index contributed by atoms with van der Waals surface area (Å²) in [5.74, 6) is 0. The van der Waals surface area contributed by atoms with Crippen LogP contribution in [0.15, 0.2) is 24.3 Å². The molecule has 2 N–H and O–H groups in total. The molecule has 0 aliphatic rings. The first-order valence-corrected chi connectivity index (χ1v) is 5.97. The normalized spacial score (nSPS) is 10.6. The van der Waals surface area contributed by atoms with E-state index in [1.54, 1.807) is 24.3 Å². The van der Waals surface area contributed by atoms with Crippen molar-refractivity contribution in [1.29, 1.82) is 0 Å². The third-order valence-corrected chi connectivity index (χ3v) is 1.21. The van der Waals surface area contributed by atoms with Crippen LogP contribution in [0.5, 0.6) is 0 Å². The average molecular weight is 342 g/mol. The van der Waals surface area contributed by atoms with Crippen molar-refractivity contribution in [3.63, 3.8) is 0 Å². The minimum absolute atomic E-state index is 0. The van der Waals surface area contributed by atoms with E-state index in [0.717, 1.165) is 12.6 Å². The van der Waals surface area contributed by atoms with E-state index in [2.05, 4.69) is 0 Å². The second-order valence-corrected chi connectivity index (χ2v) is 3.21. The van der Waals surface area contributed by atoms with E-state index in [4.69, 9.17) is 26.6 Å². The summed E-state index contributed by atoms with van der Waals surface area (Å²) in [7, 11) is 0. The molecule has 0 radical (unpaired) electrons. The Hall–Kier alpha value is 0.700. The largest absolute Gasteiger partial charge is 1.00 e. The summed E-state index contributed by atoms with van der Waals surface area (Å²) in [6.45, 7) is 0. The smallest absolute Gasteiger partial charge is 0.750 e. The molecule has 1 aromatic carbocycles. The summed E-state index contributed by atoms with van der Waals surface area (Å²) in [6.07, 6.45) is 1.49. The van der Waals surface area contributed by atoms with Crippen LogP contribution in [0.25, 0.3) is 0 Å². The molecule has 0 bridgehead atoms. The van der Waals surface area contributed by atoms with Crippen molar-refractivity contribution in [2.45, 2.75) is 0 Å². The van der Waals surface area contributed by atoms with Gasteiger partial charge in [0.2, 0.25) is 0 Å². The monoisotopic (exact) mass is 342 g/mol. The van der Waals surface area contributed by atoms with Crippen LogP contribution in [-0.2, 0) is 22.7 Å². The van der Waals surface area contributed by atoms with Crippen molar-refractivity contribution in [3.8, 4) is 0 Å². The fourth-order valence-electron chi connectivity index (χ4n) is 0.653. The van der Waals surface area contributed by atoms with Crippen molar-refractivity contribution < 1.29 is 95.3 Å². The SMILES string of the molecule is O=Cc1ccc(C=O)cc1.O=S([O-])O.O=S([O-])O.[Na+].[Na+]. The number of hydrogen-bond acceptors (Lipinski definition) is 6. The zero-order valence-corrected chi connectivity index (χ0v) is 16.3. The predicted molar refractivity (Wildman–Crippen MR) is 60.3 cm³/mol. The molecule has 0 aromatic heterocycles. The Morgan fingerprint density at radius 3 is 1.05 bits per heavy atom. The van der Waals surface area contributed by atoms with E-state index in [9.17, 15) is 9.59 Å². The number of rotatable bonds is 2. The number of carbonyl (C=O) groups excluding carboxylic acids is 2. The van der Waals surface area contributed by atoms with E-state index in [1.807, 2.05) is 0 Å². The molecule has 102 valence electrons. The standard InChI is InChI=1S/C8H6O2.2Na.2H2O3S/c9-5-7-1-2-8(6-10)4-3-7;;;2*1-4(2)3/h1-6H;;;2*(H2,1,2,3)/q;2*+1;;/p-2. The number of aldehydes is 2. The molecule has 2 atom stereocenters. The first-order valence-electron chi connectivity index (χ1n) is 3.90. The molecule has 20 heavy (non-hydrogen) atoms. The maximum Gasteiger partial charge on any atom is 1.00 e. The number of carbonyl (C=O) groups is 2. The van der Waals surface area contributed by atoms with Crippen molar-refractivity contribution in [2.75, 3.05) is 0 Å². The molecule has 8 nitrogen and oxygen atoms in total. The van der Waals surface area contributed by atoms with E-state index < -0.39 is 22.7 Å². The zero-order chi connectivity index (χ0) is 14.6. The van der Waals surface area contributed by atoms with Gasteiger partial charge in [-0.3, -0.25) is 9.59 Å². The van der Waals surface area contributed by atoms with Gasteiger partial charge in [0.15, 0.2) is 0 Å². The van der Waals surface area contributed by atoms with E-state index in [1.165, 1.54) is 0 Å². The second kappa shape index (κ2) is 19.7. The molecule has 0 saturated heterocycles. The molecule has 0 heterocycles. The molecule has 1 rings (SSSR count). The maximum absolute atomic E-state index is 10.1. The Labute approximate surface area is 164 Å². The van der Waals surface area contributed by atoms with Crippen LogP contribution in [0.1, 0.15) is 20.7 Å². The van der Waals surface area contributed by atoms with E-state index in [-0.39, 0.29) is 59.1 Å². The van der Waals surface area contributed by atoms with Gasteiger partial charge in [0.05, 0.1) is 22.7 Å². The van der Waals surface area contributed by atoms with Crippen molar-refractivity contribution in [3.05, 3.63) is 35.4 Å². The summed E-state index contributed by atoms with van der Waals surface area (Å²) < 4.78 is 48.2. The molecule has 0 amide bonds. The van der Waals surface area contributed by atoms with Gasteiger partial charge in [0.1, 0.15) is 12.6 Å². The van der Waals surface area contributed by atoms with Gasteiger partial charge in [-0.2, -0.15) is 0 Å². The van der Waals surface area contributed by atoms with Gasteiger partial charge in [-0.15, -0.1) is 0 Å². The van der Waals surface area contributed by atoms with Crippen molar-refractivity contribution in [1.82, 2.24) is 0 Å². The summed E-state index contributed by atoms with van der Waals surface area (Å²) in [4.78, 5) is 20.2. The fraction of sp³-hybridized carbons (Fsp3) is 0. The third-order valence-electron chi connectivity index (χ3n) is 1.21. The fourth-order valence-corrected chi connectivity index (χ4v) is 0.653. The molecule has 0 saturated carbocycles. The Kier molecular flexibility index (Phi) is 28.4. The van der Waals surface area contributed by atoms with Gasteiger partial charge in [-0.1, -0.05) is 24.3 Å². The van der Waals surface area contributed by atoms with Crippen LogP contribution in [0.3, 0.4) is 0 Å². The van der Waals surface area contributed by atoms with Gasteiger partial charge in [0.25, 0.3) is 0 Å². The molecule has 0 spiro atoms. The Balaban J connectivity index is -0.000000110. The number of hydrogen-bond donors (Lipinski definition) is 2. The Morgan fingerprint density at radius 1 is 0.800 bits per heavy atom. The molecule has 0 aliphatic carbocycles. The molecule has 2 unspecified atom stereocenters. The van der Waals surface area contributed by atoms with Crippen molar-refractivity contribution in [2.24, 2.45) is 0 Å². The van der Waals surface area contributed by atoms with Gasteiger partial charge in [0, 0.05) is 11.1 Å². The van der Waals surface area contributed by atoms with Crippen LogP contribution in [0.4, 0.5) is 0 Å². The second-order valence-electron chi connectivity index (χ2n) is 2.34. The summed E-state index contributed by atoms with van der Waals surface area (Å²) in [5, 5.41) is 0. The summed E-state index contributed by atoms with van der Waals surface area (Å²) >= 11 is -5.72. The van der Waals surface area contributed by atoms with E-state index in [0.29, 0.717) is 11.1 Å². The van der Waals surface area contributed by atoms with Crippen LogP contribution < -0.4 is 59.1 Å². The van der Waals surface area contributed by atoms with E-state index >= 15 is 0 Å². The van der Waals surface area contributed by atoms with Gasteiger partial charge in [-0.25, -0.2) is 8.42 Å². The Bertz CT molecular complexity index is 364. The summed E-state index contributed by atoms with van der Waals surface area (Å²) in [6, 6.07) is 6.43. The minimum Gasteiger partial charge on any atom is -0.750 e. The summed E-state index contributed by atoms with van der Waals surface area (Å²) in [5.41, 5.74) is 1.18. The molecule has 0 fully saturated rings. The molecule has 12 heteroatoms. The van der Waals surface area contributed by atoms with Crippen molar-refractivity contribution >= 4 is 35.3 Å². The van der Waals surface area contributed by atoms with Gasteiger partial charge in [-0.05, 0) is 0 Å². The van der Waals surface area contributed by atoms with Gasteiger partial charge >= 0.3 is 59.1 Å². The molecular formula is C8H8Na2O8S2. The molecular weight excluding hydrogens is 334 g/mol. The Morgan fingerprint density at radius 2 is 0.950 bits per heavy atom. The zero-order valence-electron chi connectivity index (χ0n) is 10.6. The minimum atomic E-state index is -2.86. The van der Waals surface area contributed by atoms with Crippen LogP contribution in [0.2, 0.25) is 0 Å². The van der Waals surface area contributed by atoms with Crippen LogP contribution in [0, 0.1) is 0 Å². The first-order chi connectivity index (χ1) is 8.33. The predicted octanol–water partition coefficient (Wildman–Crippen LogP) is -6.00. The third kappa shape index (κ3) is 27.1. The van der Waals surface area contributed by atoms with Crippen LogP contribution in [-0.4, -0.2) is 39.2 Å². The first kappa shape index (κ1) is 28.8. The van der Waals surface area contributed by atoms with Gasteiger partial charge < -0.3 is 18.2 Å². The maximum atomic E-state index is 10.1. The molecule has 0 aliphatic heterocycles. The number of benzene rings is 1. The topological polar surface area (TPSA) is 155 Å². The molecule has 1 aromatic rings.